The molecule has 3 amide bonds. The summed E-state index contributed by atoms with van der Waals surface area (Å²) in [5.74, 6) is -0.227. The van der Waals surface area contributed by atoms with E-state index in [0.29, 0.717) is 6.42 Å². The fourth-order valence-electron chi connectivity index (χ4n) is 1.17. The summed E-state index contributed by atoms with van der Waals surface area (Å²) in [6.45, 7) is 5.35. The number of rotatable bonds is 3. The van der Waals surface area contributed by atoms with Crippen molar-refractivity contribution in [1.82, 2.24) is 10.2 Å². The average molecular weight is 203 g/mol. The van der Waals surface area contributed by atoms with Gasteiger partial charge in [-0.15, -0.1) is 0 Å². The Labute approximate surface area is 81.5 Å². The summed E-state index contributed by atoms with van der Waals surface area (Å²) in [6.07, 6.45) is 0.593. The third kappa shape index (κ3) is 2.01. The first-order valence-electron chi connectivity index (χ1n) is 4.01. The second-order valence-corrected chi connectivity index (χ2v) is 3.39. The van der Waals surface area contributed by atoms with Crippen molar-refractivity contribution in [2.24, 2.45) is 0 Å². The zero-order chi connectivity index (χ0) is 10.0. The average Bonchev–Trinajstić information content (AvgIpc) is 2.31. The van der Waals surface area contributed by atoms with Gasteiger partial charge in [0.25, 0.3) is 5.91 Å². The standard InChI is InChI=1S/C8H11ClN2O2/c1-3-6-7(12)11(4-5(2)9)8(13)10-6/h6H,2-4H2,1H3,(H,10,13)/t6-/m0/s1. The molecule has 1 aliphatic rings. The van der Waals surface area contributed by atoms with Gasteiger partial charge in [-0.05, 0) is 6.42 Å². The van der Waals surface area contributed by atoms with E-state index in [0.717, 1.165) is 4.90 Å². The van der Waals surface area contributed by atoms with Crippen LogP contribution in [-0.2, 0) is 4.79 Å². The van der Waals surface area contributed by atoms with Crippen molar-refractivity contribution in [3.05, 3.63) is 11.6 Å². The molecule has 0 aromatic heterocycles. The van der Waals surface area contributed by atoms with Gasteiger partial charge in [0.1, 0.15) is 6.04 Å². The van der Waals surface area contributed by atoms with Crippen LogP contribution in [0.5, 0.6) is 0 Å². The minimum atomic E-state index is -0.400. The normalized spacial score (nSPS) is 22.0. The van der Waals surface area contributed by atoms with Crippen molar-refractivity contribution in [2.45, 2.75) is 19.4 Å². The molecule has 5 heteroatoms. The predicted octanol–water partition coefficient (Wildman–Crippen LogP) is 1.07. The third-order valence-electron chi connectivity index (χ3n) is 1.84. The number of urea groups is 1. The first-order chi connectivity index (χ1) is 6.06. The quantitative estimate of drug-likeness (QED) is 0.696. The van der Waals surface area contributed by atoms with Crippen LogP contribution in [0.15, 0.2) is 11.6 Å². The van der Waals surface area contributed by atoms with Crippen molar-refractivity contribution in [2.75, 3.05) is 6.54 Å². The first-order valence-corrected chi connectivity index (χ1v) is 4.39. The zero-order valence-electron chi connectivity index (χ0n) is 7.34. The molecule has 0 aliphatic carbocycles. The number of amides is 3. The van der Waals surface area contributed by atoms with Gasteiger partial charge in [-0.25, -0.2) is 4.79 Å². The maximum Gasteiger partial charge on any atom is 0.325 e. The van der Waals surface area contributed by atoms with Crippen molar-refractivity contribution < 1.29 is 9.59 Å². The Morgan fingerprint density at radius 1 is 1.69 bits per heavy atom. The smallest absolute Gasteiger partial charge is 0.325 e. The molecule has 0 spiro atoms. The van der Waals surface area contributed by atoms with Crippen molar-refractivity contribution in [3.8, 4) is 0 Å². The van der Waals surface area contributed by atoms with Crippen LogP contribution < -0.4 is 5.32 Å². The first kappa shape index (κ1) is 10.1. The number of carbonyl (C=O) groups is 2. The van der Waals surface area contributed by atoms with Crippen LogP contribution in [0.4, 0.5) is 4.79 Å². The van der Waals surface area contributed by atoms with E-state index in [-0.39, 0.29) is 17.5 Å². The molecule has 0 aromatic carbocycles. The van der Waals surface area contributed by atoms with Gasteiger partial charge >= 0.3 is 6.03 Å². The molecule has 0 radical (unpaired) electrons. The lowest BCUT2D eigenvalue weighted by molar-refractivity contribution is -0.127. The Hall–Kier alpha value is -1.03. The number of nitrogens with one attached hydrogen (secondary N) is 1. The monoisotopic (exact) mass is 202 g/mol. The summed E-state index contributed by atoms with van der Waals surface area (Å²) in [6, 6.07) is -0.790. The van der Waals surface area contributed by atoms with E-state index in [1.54, 1.807) is 0 Å². The number of hydrogen-bond donors (Lipinski definition) is 1. The summed E-state index contributed by atoms with van der Waals surface area (Å²) < 4.78 is 0. The Bertz CT molecular complexity index is 265. The minimum absolute atomic E-state index is 0.0860. The molecule has 1 saturated heterocycles. The highest BCUT2D eigenvalue weighted by atomic mass is 35.5. The van der Waals surface area contributed by atoms with Crippen LogP contribution in [-0.4, -0.2) is 29.4 Å². The van der Waals surface area contributed by atoms with Gasteiger partial charge in [-0.3, -0.25) is 9.69 Å². The molecule has 0 saturated carbocycles. The predicted molar refractivity (Wildman–Crippen MR) is 49.3 cm³/mol. The summed E-state index contributed by atoms with van der Waals surface area (Å²) in [5.41, 5.74) is 0. The fourth-order valence-corrected chi connectivity index (χ4v) is 1.29. The molecular weight excluding hydrogens is 192 g/mol. The Balaban J connectivity index is 2.70. The van der Waals surface area contributed by atoms with Crippen LogP contribution >= 0.6 is 11.6 Å². The zero-order valence-corrected chi connectivity index (χ0v) is 8.10. The van der Waals surface area contributed by atoms with Crippen molar-refractivity contribution in [3.63, 3.8) is 0 Å². The van der Waals surface area contributed by atoms with Crippen LogP contribution in [0.3, 0.4) is 0 Å². The topological polar surface area (TPSA) is 49.4 Å². The summed E-state index contributed by atoms with van der Waals surface area (Å²) in [5, 5.41) is 2.82. The molecule has 1 N–H and O–H groups in total. The van der Waals surface area contributed by atoms with Gasteiger partial charge in [0, 0.05) is 5.03 Å². The Morgan fingerprint density at radius 2 is 2.31 bits per heavy atom. The number of hydrogen-bond acceptors (Lipinski definition) is 2. The van der Waals surface area contributed by atoms with Crippen molar-refractivity contribution >= 4 is 23.5 Å². The van der Waals surface area contributed by atoms with Gasteiger partial charge in [-0.2, -0.15) is 0 Å². The Morgan fingerprint density at radius 3 is 2.69 bits per heavy atom. The highest BCUT2D eigenvalue weighted by Crippen LogP contribution is 2.11. The molecule has 4 nitrogen and oxygen atoms in total. The van der Waals surface area contributed by atoms with E-state index < -0.39 is 12.1 Å². The minimum Gasteiger partial charge on any atom is -0.326 e. The molecule has 72 valence electrons. The summed E-state index contributed by atoms with van der Waals surface area (Å²) in [4.78, 5) is 23.7. The van der Waals surface area contributed by atoms with Gasteiger partial charge in [0.15, 0.2) is 0 Å². The largest absolute Gasteiger partial charge is 0.326 e. The summed E-state index contributed by atoms with van der Waals surface area (Å²) in [7, 11) is 0. The molecule has 1 heterocycles. The van der Waals surface area contributed by atoms with Crippen LogP contribution in [0.2, 0.25) is 0 Å². The van der Waals surface area contributed by atoms with Gasteiger partial charge in [0.05, 0.1) is 6.54 Å². The molecule has 0 aromatic rings. The highest BCUT2D eigenvalue weighted by Gasteiger charge is 2.36. The van der Waals surface area contributed by atoms with Crippen LogP contribution in [0, 0.1) is 0 Å². The molecule has 0 unspecified atom stereocenters. The maximum absolute atomic E-state index is 11.4. The van der Waals surface area contributed by atoms with E-state index in [1.165, 1.54) is 0 Å². The number of nitrogens with zero attached hydrogens (tertiary/aromatic N) is 1. The number of halogens is 1. The van der Waals surface area contributed by atoms with Crippen LogP contribution in [0.25, 0.3) is 0 Å². The molecule has 1 rings (SSSR count). The highest BCUT2D eigenvalue weighted by molar-refractivity contribution is 6.29. The summed E-state index contributed by atoms with van der Waals surface area (Å²) >= 11 is 5.51. The van der Waals surface area contributed by atoms with E-state index in [2.05, 4.69) is 11.9 Å². The third-order valence-corrected chi connectivity index (χ3v) is 1.96. The van der Waals surface area contributed by atoms with E-state index in [1.807, 2.05) is 6.92 Å². The molecular formula is C8H11ClN2O2. The lowest BCUT2D eigenvalue weighted by Gasteiger charge is -2.10. The fraction of sp³-hybridized carbons (Fsp3) is 0.500. The SMILES string of the molecule is C=C(Cl)CN1C(=O)N[C@@H](CC)C1=O. The molecule has 13 heavy (non-hydrogen) atoms. The molecule has 1 aliphatic heterocycles. The van der Waals surface area contributed by atoms with Crippen LogP contribution in [0.1, 0.15) is 13.3 Å². The lowest BCUT2D eigenvalue weighted by Crippen LogP contribution is -2.32. The number of carbonyl (C=O) groups excluding carboxylic acids is 2. The van der Waals surface area contributed by atoms with Crippen molar-refractivity contribution in [1.29, 1.82) is 0 Å². The van der Waals surface area contributed by atoms with Gasteiger partial charge < -0.3 is 5.32 Å². The molecule has 1 fully saturated rings. The second kappa shape index (κ2) is 3.79. The lowest BCUT2D eigenvalue weighted by atomic mass is 10.2. The second-order valence-electron chi connectivity index (χ2n) is 2.85. The van der Waals surface area contributed by atoms with E-state index >= 15 is 0 Å². The molecule has 1 atom stereocenters. The number of imide groups is 1. The maximum atomic E-state index is 11.4. The van der Waals surface area contributed by atoms with Gasteiger partial charge in [-0.1, -0.05) is 25.1 Å². The van der Waals surface area contributed by atoms with E-state index in [9.17, 15) is 9.59 Å². The van der Waals surface area contributed by atoms with E-state index in [4.69, 9.17) is 11.6 Å². The van der Waals surface area contributed by atoms with Gasteiger partial charge in [0.2, 0.25) is 0 Å². The Kier molecular flexibility index (Phi) is 2.93. The molecule has 0 bridgehead atoms.